The first-order valence-corrected chi connectivity index (χ1v) is 13.0. The van der Waals surface area contributed by atoms with Crippen LogP contribution in [0, 0.1) is 34.5 Å². The molecule has 4 aliphatic carbocycles. The van der Waals surface area contributed by atoms with E-state index >= 15 is 0 Å². The van der Waals surface area contributed by atoms with Crippen molar-refractivity contribution in [3.8, 4) is 0 Å². The molecule has 4 saturated carbocycles. The SMILES string of the molecule is CC(=O)OC[C@]12CC[C@H](OC(C)=O)C[C@@H]1CC[C@@H]1[C@@H]2CC[C@]2(C)[C@@H](C3=CC(=O)OC3)CC[C@]12O. The molecule has 188 valence electrons. The molecule has 5 aliphatic rings. The van der Waals surface area contributed by atoms with Gasteiger partial charge in [0.05, 0.1) is 12.2 Å². The molecule has 34 heavy (non-hydrogen) atoms. The summed E-state index contributed by atoms with van der Waals surface area (Å²) in [4.78, 5) is 35.2. The monoisotopic (exact) mass is 474 g/mol. The Labute approximate surface area is 201 Å². The molecule has 0 aromatic carbocycles. The fraction of sp³-hybridized carbons (Fsp3) is 0.815. The van der Waals surface area contributed by atoms with E-state index in [0.717, 1.165) is 63.4 Å². The van der Waals surface area contributed by atoms with Crippen LogP contribution in [0.3, 0.4) is 0 Å². The van der Waals surface area contributed by atoms with Gasteiger partial charge in [0.15, 0.2) is 0 Å². The molecule has 1 aliphatic heterocycles. The van der Waals surface area contributed by atoms with Gasteiger partial charge in [-0.3, -0.25) is 9.59 Å². The standard InChI is InChI=1S/C27H38O7/c1-16(28)33-15-26-10-6-20(34-17(2)29)13-19(26)4-5-23-22(26)7-9-25(3)21(8-11-27(23,25)31)18-12-24(30)32-14-18/h12,19-23,31H,4-11,13-15H2,1-3H3/t19-,20-,21+,22-,23+,25+,26+,27-/m0/s1. The molecule has 0 aromatic rings. The summed E-state index contributed by atoms with van der Waals surface area (Å²) < 4.78 is 16.5. The van der Waals surface area contributed by atoms with E-state index < -0.39 is 5.60 Å². The molecule has 7 nitrogen and oxygen atoms in total. The first-order chi connectivity index (χ1) is 16.1. The minimum Gasteiger partial charge on any atom is -0.465 e. The molecule has 7 heteroatoms. The third kappa shape index (κ3) is 3.52. The molecule has 0 bridgehead atoms. The van der Waals surface area contributed by atoms with Crippen LogP contribution in [-0.2, 0) is 28.6 Å². The number of carbonyl (C=O) groups is 3. The van der Waals surface area contributed by atoms with Gasteiger partial charge in [0, 0.05) is 30.8 Å². The zero-order valence-corrected chi connectivity index (χ0v) is 20.6. The molecule has 0 aromatic heterocycles. The zero-order valence-electron chi connectivity index (χ0n) is 20.6. The molecule has 1 heterocycles. The van der Waals surface area contributed by atoms with E-state index in [1.807, 2.05) is 0 Å². The molecule has 1 N–H and O–H groups in total. The normalized spacial score (nSPS) is 45.4. The maximum atomic E-state index is 12.4. The summed E-state index contributed by atoms with van der Waals surface area (Å²) in [5.41, 5.74) is -0.259. The van der Waals surface area contributed by atoms with E-state index in [1.165, 1.54) is 13.8 Å². The van der Waals surface area contributed by atoms with E-state index in [1.54, 1.807) is 6.08 Å². The number of hydrogen-bond donors (Lipinski definition) is 1. The number of aliphatic hydroxyl groups is 1. The summed E-state index contributed by atoms with van der Waals surface area (Å²) in [6.45, 7) is 5.86. The Morgan fingerprint density at radius 2 is 1.85 bits per heavy atom. The summed E-state index contributed by atoms with van der Waals surface area (Å²) in [7, 11) is 0. The average molecular weight is 475 g/mol. The van der Waals surface area contributed by atoms with Crippen LogP contribution in [0.2, 0.25) is 0 Å². The van der Waals surface area contributed by atoms with Crippen LogP contribution in [0.15, 0.2) is 11.6 Å². The molecule has 4 fully saturated rings. The highest BCUT2D eigenvalue weighted by Gasteiger charge is 2.68. The van der Waals surface area contributed by atoms with Gasteiger partial charge in [-0.05, 0) is 87.0 Å². The Morgan fingerprint density at radius 1 is 1.06 bits per heavy atom. The topological polar surface area (TPSA) is 99.1 Å². The van der Waals surface area contributed by atoms with Crippen LogP contribution in [0.5, 0.6) is 0 Å². The van der Waals surface area contributed by atoms with Crippen molar-refractivity contribution in [3.05, 3.63) is 11.6 Å². The quantitative estimate of drug-likeness (QED) is 0.490. The van der Waals surface area contributed by atoms with Gasteiger partial charge in [-0.25, -0.2) is 4.79 Å². The van der Waals surface area contributed by atoms with E-state index in [9.17, 15) is 19.5 Å². The van der Waals surface area contributed by atoms with Gasteiger partial charge in [0.2, 0.25) is 0 Å². The van der Waals surface area contributed by atoms with Crippen molar-refractivity contribution in [1.82, 2.24) is 0 Å². The smallest absolute Gasteiger partial charge is 0.331 e. The predicted octanol–water partition coefficient (Wildman–Crippen LogP) is 3.72. The fourth-order valence-corrected chi connectivity index (χ4v) is 9.02. The fourth-order valence-electron chi connectivity index (χ4n) is 9.02. The highest BCUT2D eigenvalue weighted by Crippen LogP contribution is 2.70. The van der Waals surface area contributed by atoms with Crippen molar-refractivity contribution >= 4 is 17.9 Å². The highest BCUT2D eigenvalue weighted by atomic mass is 16.5. The van der Waals surface area contributed by atoms with Gasteiger partial charge in [-0.15, -0.1) is 0 Å². The van der Waals surface area contributed by atoms with Crippen LogP contribution in [0.25, 0.3) is 0 Å². The number of esters is 3. The number of carbonyl (C=O) groups excluding carboxylic acids is 3. The number of fused-ring (bicyclic) bond motifs is 5. The third-order valence-electron chi connectivity index (χ3n) is 10.5. The van der Waals surface area contributed by atoms with E-state index in [0.29, 0.717) is 19.1 Å². The number of cyclic esters (lactones) is 1. The van der Waals surface area contributed by atoms with E-state index in [4.69, 9.17) is 14.2 Å². The second-order valence-corrected chi connectivity index (χ2v) is 11.8. The average Bonchev–Trinajstić information content (AvgIpc) is 3.32. The van der Waals surface area contributed by atoms with Gasteiger partial charge in [-0.1, -0.05) is 6.92 Å². The van der Waals surface area contributed by atoms with Crippen molar-refractivity contribution in [2.75, 3.05) is 13.2 Å². The molecule has 8 atom stereocenters. The summed E-state index contributed by atoms with van der Waals surface area (Å²) in [6.07, 6.45) is 9.28. The molecule has 0 unspecified atom stereocenters. The lowest BCUT2D eigenvalue weighted by atomic mass is 9.43. The van der Waals surface area contributed by atoms with Gasteiger partial charge in [0.25, 0.3) is 0 Å². The molecule has 0 radical (unpaired) electrons. The van der Waals surface area contributed by atoms with Crippen LogP contribution < -0.4 is 0 Å². The van der Waals surface area contributed by atoms with E-state index in [-0.39, 0.29) is 52.6 Å². The minimum atomic E-state index is -0.812. The van der Waals surface area contributed by atoms with Gasteiger partial charge in [0.1, 0.15) is 12.7 Å². The van der Waals surface area contributed by atoms with Crippen LogP contribution in [0.1, 0.15) is 78.6 Å². The highest BCUT2D eigenvalue weighted by molar-refractivity contribution is 5.85. The van der Waals surface area contributed by atoms with Crippen LogP contribution in [0.4, 0.5) is 0 Å². The second kappa shape index (κ2) is 8.35. The Morgan fingerprint density at radius 3 is 2.53 bits per heavy atom. The van der Waals surface area contributed by atoms with Crippen molar-refractivity contribution in [2.45, 2.75) is 90.3 Å². The number of ether oxygens (including phenoxy) is 3. The van der Waals surface area contributed by atoms with Crippen LogP contribution >= 0.6 is 0 Å². The molecule has 0 spiro atoms. The molecule has 0 amide bonds. The van der Waals surface area contributed by atoms with Crippen molar-refractivity contribution in [2.24, 2.45) is 34.5 Å². The molecule has 5 rings (SSSR count). The van der Waals surface area contributed by atoms with Gasteiger partial charge < -0.3 is 19.3 Å². The van der Waals surface area contributed by atoms with Gasteiger partial charge in [-0.2, -0.15) is 0 Å². The molecular formula is C27H38O7. The van der Waals surface area contributed by atoms with Crippen LogP contribution in [-0.4, -0.2) is 47.9 Å². The Kier molecular flexibility index (Phi) is 5.85. The number of rotatable bonds is 4. The minimum absolute atomic E-state index is 0.0795. The van der Waals surface area contributed by atoms with E-state index in [2.05, 4.69) is 6.92 Å². The van der Waals surface area contributed by atoms with Crippen molar-refractivity contribution in [1.29, 1.82) is 0 Å². The van der Waals surface area contributed by atoms with Gasteiger partial charge >= 0.3 is 17.9 Å². The first-order valence-electron chi connectivity index (χ1n) is 13.0. The lowest BCUT2D eigenvalue weighted by molar-refractivity contribution is -0.224. The number of hydrogen-bond acceptors (Lipinski definition) is 7. The molecular weight excluding hydrogens is 436 g/mol. The zero-order chi connectivity index (χ0) is 24.3. The maximum absolute atomic E-state index is 12.4. The van der Waals surface area contributed by atoms with Crippen molar-refractivity contribution < 1.29 is 33.7 Å². The summed E-state index contributed by atoms with van der Waals surface area (Å²) >= 11 is 0. The Balaban J connectivity index is 1.45. The lowest BCUT2D eigenvalue weighted by Gasteiger charge is -2.64. The molecule has 0 saturated heterocycles. The third-order valence-corrected chi connectivity index (χ3v) is 10.5. The summed E-state index contributed by atoms with van der Waals surface area (Å²) in [6, 6.07) is 0. The summed E-state index contributed by atoms with van der Waals surface area (Å²) in [5.74, 6) is 0.0768. The first kappa shape index (κ1) is 23.8. The Bertz CT molecular complexity index is 911. The Hall–Kier alpha value is -1.89. The lowest BCUT2D eigenvalue weighted by Crippen LogP contribution is -2.64. The van der Waals surface area contributed by atoms with Crippen molar-refractivity contribution in [3.63, 3.8) is 0 Å². The second-order valence-electron chi connectivity index (χ2n) is 11.8. The largest absolute Gasteiger partial charge is 0.465 e. The predicted molar refractivity (Wildman–Crippen MR) is 122 cm³/mol. The summed E-state index contributed by atoms with van der Waals surface area (Å²) in [5, 5.41) is 12.4. The maximum Gasteiger partial charge on any atom is 0.331 e.